The molecule has 132 valence electrons. The second-order valence-electron chi connectivity index (χ2n) is 5.59. The highest BCUT2D eigenvalue weighted by molar-refractivity contribution is 7.13. The van der Waals surface area contributed by atoms with Crippen LogP contribution in [0.5, 0.6) is 0 Å². The second kappa shape index (κ2) is 7.30. The maximum atomic E-state index is 12.3. The Morgan fingerprint density at radius 1 is 0.889 bits per heavy atom. The second-order valence-corrected chi connectivity index (χ2v) is 6.48. The molecule has 0 aliphatic carbocycles. The molecular formula is C19H13N5O2S. The number of urea groups is 1. The third kappa shape index (κ3) is 3.80. The molecule has 4 aromatic rings. The molecule has 0 saturated carbocycles. The van der Waals surface area contributed by atoms with E-state index in [1.54, 1.807) is 48.9 Å². The first-order chi connectivity index (χ1) is 13.2. The van der Waals surface area contributed by atoms with E-state index < -0.39 is 11.9 Å². The molecule has 2 aromatic carbocycles. The molecule has 0 radical (unpaired) electrons. The third-order valence-corrected chi connectivity index (χ3v) is 4.58. The number of nitrogens with zero attached hydrogens (tertiary/aromatic N) is 3. The standard InChI is InChI=1S/C19H13N5O2S/c25-17(12-4-5-15-16(11-12)21-7-6-20-15)24-19(26)23-14-3-1-2-13(10-14)18-22-8-9-27-18/h1-11H,(H2,23,24,25,26). The van der Waals surface area contributed by atoms with Crippen LogP contribution in [0.4, 0.5) is 10.5 Å². The van der Waals surface area contributed by atoms with E-state index in [1.165, 1.54) is 11.3 Å². The topological polar surface area (TPSA) is 96.9 Å². The zero-order valence-electron chi connectivity index (χ0n) is 13.9. The number of aromatic nitrogens is 3. The molecule has 0 saturated heterocycles. The molecule has 3 amide bonds. The van der Waals surface area contributed by atoms with Crippen LogP contribution in [0.15, 0.2) is 66.4 Å². The summed E-state index contributed by atoms with van der Waals surface area (Å²) in [6.07, 6.45) is 4.85. The van der Waals surface area contributed by atoms with E-state index in [2.05, 4.69) is 25.6 Å². The van der Waals surface area contributed by atoms with Crippen molar-refractivity contribution in [1.82, 2.24) is 20.3 Å². The predicted molar refractivity (Wildman–Crippen MR) is 104 cm³/mol. The van der Waals surface area contributed by atoms with Crippen LogP contribution in [0.1, 0.15) is 10.4 Å². The number of fused-ring (bicyclic) bond motifs is 1. The van der Waals surface area contributed by atoms with Crippen LogP contribution in [0, 0.1) is 0 Å². The Hall–Kier alpha value is -3.65. The first-order valence-corrected chi connectivity index (χ1v) is 8.90. The Kier molecular flexibility index (Phi) is 4.54. The third-order valence-electron chi connectivity index (χ3n) is 3.76. The first kappa shape index (κ1) is 16.8. The van der Waals surface area contributed by atoms with Gasteiger partial charge in [-0.1, -0.05) is 12.1 Å². The van der Waals surface area contributed by atoms with Gasteiger partial charge in [-0.2, -0.15) is 0 Å². The number of imide groups is 1. The van der Waals surface area contributed by atoms with E-state index in [9.17, 15) is 9.59 Å². The number of nitrogens with one attached hydrogen (secondary N) is 2. The Bertz CT molecular complexity index is 1130. The van der Waals surface area contributed by atoms with E-state index in [1.807, 2.05) is 17.5 Å². The average molecular weight is 375 g/mol. The summed E-state index contributed by atoms with van der Waals surface area (Å²) in [6.45, 7) is 0. The summed E-state index contributed by atoms with van der Waals surface area (Å²) < 4.78 is 0. The molecule has 8 heteroatoms. The predicted octanol–water partition coefficient (Wildman–Crippen LogP) is 3.72. The molecule has 0 bridgehead atoms. The highest BCUT2D eigenvalue weighted by atomic mass is 32.1. The van der Waals surface area contributed by atoms with Gasteiger partial charge >= 0.3 is 6.03 Å². The summed E-state index contributed by atoms with van der Waals surface area (Å²) in [5.74, 6) is -0.517. The van der Waals surface area contributed by atoms with Crippen LogP contribution >= 0.6 is 11.3 Å². The van der Waals surface area contributed by atoms with Crippen LogP contribution in [-0.2, 0) is 0 Å². The van der Waals surface area contributed by atoms with Gasteiger partial charge in [0.2, 0.25) is 0 Å². The fourth-order valence-electron chi connectivity index (χ4n) is 2.54. The minimum Gasteiger partial charge on any atom is -0.308 e. The molecule has 7 nitrogen and oxygen atoms in total. The van der Waals surface area contributed by atoms with Gasteiger partial charge < -0.3 is 5.32 Å². The maximum absolute atomic E-state index is 12.3. The number of hydrogen-bond donors (Lipinski definition) is 2. The molecular weight excluding hydrogens is 362 g/mol. The zero-order valence-corrected chi connectivity index (χ0v) is 14.7. The van der Waals surface area contributed by atoms with Crippen molar-refractivity contribution >= 4 is 40.0 Å². The van der Waals surface area contributed by atoms with Crippen molar-refractivity contribution in [2.24, 2.45) is 0 Å². The summed E-state index contributed by atoms with van der Waals surface area (Å²) in [4.78, 5) is 37.0. The molecule has 2 aromatic heterocycles. The number of anilines is 1. The molecule has 2 N–H and O–H groups in total. The van der Waals surface area contributed by atoms with Gasteiger partial charge in [0.05, 0.1) is 11.0 Å². The van der Waals surface area contributed by atoms with Crippen molar-refractivity contribution in [2.75, 3.05) is 5.32 Å². The lowest BCUT2D eigenvalue weighted by Crippen LogP contribution is -2.34. The molecule has 0 spiro atoms. The van der Waals surface area contributed by atoms with E-state index in [-0.39, 0.29) is 0 Å². The summed E-state index contributed by atoms with van der Waals surface area (Å²) in [5, 5.41) is 7.71. The largest absolute Gasteiger partial charge is 0.326 e. The van der Waals surface area contributed by atoms with E-state index >= 15 is 0 Å². The normalized spacial score (nSPS) is 10.5. The summed E-state index contributed by atoms with van der Waals surface area (Å²) in [7, 11) is 0. The minimum atomic E-state index is -0.615. The number of benzene rings is 2. The van der Waals surface area contributed by atoms with Gasteiger partial charge in [0.15, 0.2) is 0 Å². The van der Waals surface area contributed by atoms with Gasteiger partial charge in [0, 0.05) is 40.8 Å². The monoisotopic (exact) mass is 375 g/mol. The maximum Gasteiger partial charge on any atom is 0.326 e. The lowest BCUT2D eigenvalue weighted by atomic mass is 10.2. The SMILES string of the molecule is O=C(NC(=O)c1ccc2nccnc2c1)Nc1cccc(-c2nccs2)c1. The van der Waals surface area contributed by atoms with Gasteiger partial charge in [-0.25, -0.2) is 9.78 Å². The van der Waals surface area contributed by atoms with Crippen molar-refractivity contribution < 1.29 is 9.59 Å². The minimum absolute atomic E-state index is 0.328. The quantitative estimate of drug-likeness (QED) is 0.569. The van der Waals surface area contributed by atoms with Gasteiger partial charge in [-0.05, 0) is 30.3 Å². The van der Waals surface area contributed by atoms with Crippen LogP contribution in [0.2, 0.25) is 0 Å². The number of amides is 3. The van der Waals surface area contributed by atoms with Crippen LogP contribution in [-0.4, -0.2) is 26.9 Å². The van der Waals surface area contributed by atoms with E-state index in [0.717, 1.165) is 10.6 Å². The summed E-state index contributed by atoms with van der Waals surface area (Å²) in [5.41, 5.74) is 3.05. The van der Waals surface area contributed by atoms with Crippen LogP contribution in [0.3, 0.4) is 0 Å². The van der Waals surface area contributed by atoms with Crippen molar-refractivity contribution in [3.8, 4) is 10.6 Å². The van der Waals surface area contributed by atoms with Gasteiger partial charge in [-0.3, -0.25) is 20.1 Å². The molecule has 0 aliphatic rings. The number of carbonyl (C=O) groups excluding carboxylic acids is 2. The number of carbonyl (C=O) groups is 2. The molecule has 4 rings (SSSR count). The first-order valence-electron chi connectivity index (χ1n) is 8.02. The molecule has 0 fully saturated rings. The highest BCUT2D eigenvalue weighted by Crippen LogP contribution is 2.24. The van der Waals surface area contributed by atoms with Gasteiger partial charge in [-0.15, -0.1) is 11.3 Å². The Balaban J connectivity index is 1.45. The number of thiazole rings is 1. The van der Waals surface area contributed by atoms with Crippen molar-refractivity contribution in [3.05, 3.63) is 72.0 Å². The molecule has 0 unspecified atom stereocenters. The zero-order chi connectivity index (χ0) is 18.6. The van der Waals surface area contributed by atoms with Crippen molar-refractivity contribution in [2.45, 2.75) is 0 Å². The fourth-order valence-corrected chi connectivity index (χ4v) is 3.17. The molecule has 27 heavy (non-hydrogen) atoms. The van der Waals surface area contributed by atoms with Gasteiger partial charge in [0.25, 0.3) is 5.91 Å². The van der Waals surface area contributed by atoms with Crippen LogP contribution in [0.25, 0.3) is 21.6 Å². The number of hydrogen-bond acceptors (Lipinski definition) is 6. The lowest BCUT2D eigenvalue weighted by molar-refractivity contribution is 0.0967. The summed E-state index contributed by atoms with van der Waals surface area (Å²) in [6, 6.07) is 11.5. The van der Waals surface area contributed by atoms with Crippen molar-refractivity contribution in [1.29, 1.82) is 0 Å². The Labute approximate surface area is 158 Å². The Morgan fingerprint density at radius 2 is 1.74 bits per heavy atom. The van der Waals surface area contributed by atoms with Gasteiger partial charge in [0.1, 0.15) is 5.01 Å². The Morgan fingerprint density at radius 3 is 2.56 bits per heavy atom. The fraction of sp³-hybridized carbons (Fsp3) is 0. The van der Waals surface area contributed by atoms with Crippen molar-refractivity contribution in [3.63, 3.8) is 0 Å². The van der Waals surface area contributed by atoms with E-state index in [4.69, 9.17) is 0 Å². The summed E-state index contributed by atoms with van der Waals surface area (Å²) >= 11 is 1.51. The number of rotatable bonds is 3. The van der Waals surface area contributed by atoms with E-state index in [0.29, 0.717) is 22.3 Å². The molecule has 0 aliphatic heterocycles. The lowest BCUT2D eigenvalue weighted by Gasteiger charge is -2.08. The van der Waals surface area contributed by atoms with Crippen LogP contribution < -0.4 is 10.6 Å². The smallest absolute Gasteiger partial charge is 0.308 e. The average Bonchev–Trinajstić information content (AvgIpc) is 3.22. The molecule has 2 heterocycles. The highest BCUT2D eigenvalue weighted by Gasteiger charge is 2.12. The molecule has 0 atom stereocenters.